The predicted octanol–water partition coefficient (Wildman–Crippen LogP) is 2.99. The van der Waals surface area contributed by atoms with Gasteiger partial charge in [-0.3, -0.25) is 9.59 Å². The molecule has 0 bridgehead atoms. The number of carbonyl (C=O) groups is 2. The fraction of sp³-hybridized carbons (Fsp3) is 0.364. The van der Waals surface area contributed by atoms with Crippen molar-refractivity contribution >= 4 is 23.2 Å². The molecule has 1 N–H and O–H groups in total. The van der Waals surface area contributed by atoms with E-state index in [1.165, 1.54) is 0 Å². The van der Waals surface area contributed by atoms with Gasteiger partial charge in [-0.25, -0.2) is 0 Å². The molecule has 1 heterocycles. The molecule has 1 saturated heterocycles. The second-order valence-corrected chi connectivity index (χ2v) is 7.20. The Labute approximate surface area is 166 Å². The molecule has 1 aliphatic rings. The predicted molar refractivity (Wildman–Crippen MR) is 111 cm³/mol. The molecule has 2 aromatic rings. The lowest BCUT2D eigenvalue weighted by Crippen LogP contribution is -2.48. The van der Waals surface area contributed by atoms with Crippen molar-refractivity contribution in [2.45, 2.75) is 20.8 Å². The van der Waals surface area contributed by atoms with Crippen molar-refractivity contribution in [2.24, 2.45) is 0 Å². The molecule has 2 aromatic carbocycles. The largest absolute Gasteiger partial charge is 0.484 e. The van der Waals surface area contributed by atoms with Crippen LogP contribution in [0.4, 0.5) is 11.4 Å². The van der Waals surface area contributed by atoms with E-state index in [-0.39, 0.29) is 18.4 Å². The summed E-state index contributed by atoms with van der Waals surface area (Å²) in [5.74, 6) is 0.635. The number of amides is 2. The maximum absolute atomic E-state index is 12.2. The Hall–Kier alpha value is -3.02. The fourth-order valence-electron chi connectivity index (χ4n) is 3.40. The molecular formula is C22H27N3O3. The highest BCUT2D eigenvalue weighted by Crippen LogP contribution is 2.20. The number of carbonyl (C=O) groups excluding carboxylic acids is 2. The quantitative estimate of drug-likeness (QED) is 0.865. The number of anilines is 2. The van der Waals surface area contributed by atoms with Crippen molar-refractivity contribution in [1.82, 2.24) is 4.90 Å². The van der Waals surface area contributed by atoms with Crippen LogP contribution in [0.2, 0.25) is 0 Å². The maximum Gasteiger partial charge on any atom is 0.262 e. The summed E-state index contributed by atoms with van der Waals surface area (Å²) in [4.78, 5) is 27.7. The van der Waals surface area contributed by atoms with Crippen LogP contribution in [0, 0.1) is 13.8 Å². The van der Waals surface area contributed by atoms with Crippen LogP contribution in [-0.4, -0.2) is 49.5 Å². The van der Waals surface area contributed by atoms with Gasteiger partial charge in [0.25, 0.3) is 5.91 Å². The van der Waals surface area contributed by atoms with E-state index >= 15 is 0 Å². The molecule has 6 nitrogen and oxygen atoms in total. The van der Waals surface area contributed by atoms with E-state index in [0.717, 1.165) is 48.7 Å². The Kier molecular flexibility index (Phi) is 6.19. The monoisotopic (exact) mass is 381 g/mol. The molecule has 0 spiro atoms. The van der Waals surface area contributed by atoms with E-state index in [2.05, 4.69) is 16.3 Å². The zero-order valence-corrected chi connectivity index (χ0v) is 16.7. The van der Waals surface area contributed by atoms with Gasteiger partial charge in [-0.15, -0.1) is 0 Å². The third-order valence-corrected chi connectivity index (χ3v) is 4.81. The molecule has 1 aliphatic heterocycles. The van der Waals surface area contributed by atoms with Gasteiger partial charge in [0.05, 0.1) is 0 Å². The van der Waals surface area contributed by atoms with Crippen molar-refractivity contribution in [2.75, 3.05) is 43.0 Å². The number of piperazine rings is 1. The van der Waals surface area contributed by atoms with Gasteiger partial charge >= 0.3 is 0 Å². The highest BCUT2D eigenvalue weighted by molar-refractivity contribution is 5.92. The Morgan fingerprint density at radius 2 is 1.57 bits per heavy atom. The van der Waals surface area contributed by atoms with Crippen LogP contribution >= 0.6 is 0 Å². The number of aryl methyl sites for hydroxylation is 2. The molecule has 6 heteroatoms. The zero-order chi connectivity index (χ0) is 20.1. The summed E-state index contributed by atoms with van der Waals surface area (Å²) in [6, 6.07) is 13.7. The lowest BCUT2D eigenvalue weighted by atomic mass is 10.1. The molecule has 28 heavy (non-hydrogen) atoms. The molecule has 1 fully saturated rings. The van der Waals surface area contributed by atoms with Crippen molar-refractivity contribution in [3.63, 3.8) is 0 Å². The van der Waals surface area contributed by atoms with E-state index in [4.69, 9.17) is 4.74 Å². The minimum Gasteiger partial charge on any atom is -0.484 e. The molecule has 0 unspecified atom stereocenters. The normalized spacial score (nSPS) is 14.0. The number of benzene rings is 2. The highest BCUT2D eigenvalue weighted by atomic mass is 16.5. The standard InChI is InChI=1S/C22H27N3O3/c1-16-12-17(2)14-21(13-16)28-15-22(27)23-19-4-6-20(7-5-19)25-10-8-24(9-11-25)18(3)26/h4-7,12-14H,8-11,15H2,1-3H3,(H,23,27). The minimum atomic E-state index is -0.193. The number of hydrogen-bond acceptors (Lipinski definition) is 4. The van der Waals surface area contributed by atoms with Gasteiger partial charge in [-0.2, -0.15) is 0 Å². The van der Waals surface area contributed by atoms with Crippen LogP contribution in [-0.2, 0) is 9.59 Å². The third kappa shape index (κ3) is 5.25. The van der Waals surface area contributed by atoms with Gasteiger partial charge in [0.1, 0.15) is 5.75 Å². The summed E-state index contributed by atoms with van der Waals surface area (Å²) < 4.78 is 5.60. The number of nitrogens with one attached hydrogen (secondary N) is 1. The van der Waals surface area contributed by atoms with Gasteiger partial charge in [0.15, 0.2) is 6.61 Å². The first kappa shape index (κ1) is 19.7. The van der Waals surface area contributed by atoms with E-state index in [0.29, 0.717) is 5.75 Å². The van der Waals surface area contributed by atoms with E-state index in [1.807, 2.05) is 55.1 Å². The van der Waals surface area contributed by atoms with Gasteiger partial charge in [-0.1, -0.05) is 6.07 Å². The van der Waals surface area contributed by atoms with Crippen LogP contribution in [0.3, 0.4) is 0 Å². The van der Waals surface area contributed by atoms with Crippen LogP contribution < -0.4 is 15.0 Å². The van der Waals surface area contributed by atoms with E-state index in [1.54, 1.807) is 6.92 Å². The minimum absolute atomic E-state index is 0.0301. The fourth-order valence-corrected chi connectivity index (χ4v) is 3.40. The average molecular weight is 381 g/mol. The van der Waals surface area contributed by atoms with Crippen LogP contribution in [0.1, 0.15) is 18.1 Å². The Morgan fingerprint density at radius 3 is 2.14 bits per heavy atom. The van der Waals surface area contributed by atoms with Crippen molar-refractivity contribution < 1.29 is 14.3 Å². The lowest BCUT2D eigenvalue weighted by molar-refractivity contribution is -0.129. The summed E-state index contributed by atoms with van der Waals surface area (Å²) >= 11 is 0. The summed E-state index contributed by atoms with van der Waals surface area (Å²) in [7, 11) is 0. The second-order valence-electron chi connectivity index (χ2n) is 7.20. The third-order valence-electron chi connectivity index (χ3n) is 4.81. The smallest absolute Gasteiger partial charge is 0.262 e. The molecule has 0 aromatic heterocycles. The number of rotatable bonds is 5. The van der Waals surface area contributed by atoms with Gasteiger partial charge in [0, 0.05) is 44.5 Å². The van der Waals surface area contributed by atoms with Gasteiger partial charge < -0.3 is 19.9 Å². The molecule has 0 saturated carbocycles. The first-order valence-electron chi connectivity index (χ1n) is 9.52. The molecular weight excluding hydrogens is 354 g/mol. The summed E-state index contributed by atoms with van der Waals surface area (Å²) in [5.41, 5.74) is 4.04. The van der Waals surface area contributed by atoms with E-state index < -0.39 is 0 Å². The lowest BCUT2D eigenvalue weighted by Gasteiger charge is -2.35. The SMILES string of the molecule is CC(=O)N1CCN(c2ccc(NC(=O)COc3cc(C)cc(C)c3)cc2)CC1. The number of nitrogens with zero attached hydrogens (tertiary/aromatic N) is 2. The topological polar surface area (TPSA) is 61.9 Å². The summed E-state index contributed by atoms with van der Waals surface area (Å²) in [6.45, 7) is 8.69. The summed E-state index contributed by atoms with van der Waals surface area (Å²) in [6.07, 6.45) is 0. The Morgan fingerprint density at radius 1 is 0.964 bits per heavy atom. The highest BCUT2D eigenvalue weighted by Gasteiger charge is 2.18. The van der Waals surface area contributed by atoms with Crippen molar-refractivity contribution in [3.05, 3.63) is 53.6 Å². The zero-order valence-electron chi connectivity index (χ0n) is 16.7. The Bertz CT molecular complexity index is 820. The molecule has 0 aliphatic carbocycles. The number of hydrogen-bond donors (Lipinski definition) is 1. The van der Waals surface area contributed by atoms with Crippen molar-refractivity contribution in [3.8, 4) is 5.75 Å². The molecule has 0 atom stereocenters. The van der Waals surface area contributed by atoms with Gasteiger partial charge in [-0.05, 0) is 61.4 Å². The number of ether oxygens (including phenoxy) is 1. The maximum atomic E-state index is 12.2. The van der Waals surface area contributed by atoms with Crippen LogP contribution in [0.25, 0.3) is 0 Å². The molecule has 148 valence electrons. The van der Waals surface area contributed by atoms with Crippen LogP contribution in [0.5, 0.6) is 5.75 Å². The first-order chi connectivity index (χ1) is 13.4. The molecule has 3 rings (SSSR count). The van der Waals surface area contributed by atoms with Crippen molar-refractivity contribution in [1.29, 1.82) is 0 Å². The second kappa shape index (κ2) is 8.78. The molecule has 2 amide bonds. The van der Waals surface area contributed by atoms with Gasteiger partial charge in [0.2, 0.25) is 5.91 Å². The van der Waals surface area contributed by atoms with E-state index in [9.17, 15) is 9.59 Å². The summed E-state index contributed by atoms with van der Waals surface area (Å²) in [5, 5.41) is 2.86. The Balaban J connectivity index is 1.50. The average Bonchev–Trinajstić information content (AvgIpc) is 2.66. The van der Waals surface area contributed by atoms with Crippen LogP contribution in [0.15, 0.2) is 42.5 Å². The molecule has 0 radical (unpaired) electrons. The first-order valence-corrected chi connectivity index (χ1v) is 9.52.